The van der Waals surface area contributed by atoms with Crippen molar-refractivity contribution in [1.29, 1.82) is 0 Å². The van der Waals surface area contributed by atoms with E-state index < -0.39 is 11.0 Å². The van der Waals surface area contributed by atoms with Crippen LogP contribution in [0.25, 0.3) is 0 Å². The lowest BCUT2D eigenvalue weighted by atomic mass is 10.2. The highest BCUT2D eigenvalue weighted by atomic mass is 19.1. The third kappa shape index (κ3) is 4.28. The molecule has 2 aromatic carbocycles. The van der Waals surface area contributed by atoms with Crippen molar-refractivity contribution in [2.75, 3.05) is 7.05 Å². The normalized spacial score (nSPS) is 11.6. The van der Waals surface area contributed by atoms with Gasteiger partial charge in [-0.25, -0.2) is 4.39 Å². The summed E-state index contributed by atoms with van der Waals surface area (Å²) in [4.78, 5) is 24.1. The van der Waals surface area contributed by atoms with Gasteiger partial charge in [0.05, 0.1) is 4.92 Å². The number of hydrogen-bond acceptors (Lipinski definition) is 4. The lowest BCUT2D eigenvalue weighted by molar-refractivity contribution is -0.386. The number of benzene rings is 2. The highest BCUT2D eigenvalue weighted by Gasteiger charge is 2.23. The molecule has 0 spiro atoms. The van der Waals surface area contributed by atoms with Crippen LogP contribution in [0, 0.1) is 15.9 Å². The monoisotopic (exact) mass is 332 g/mol. The maximum Gasteiger partial charge on any atom is 0.310 e. The van der Waals surface area contributed by atoms with Gasteiger partial charge in [-0.1, -0.05) is 24.3 Å². The van der Waals surface area contributed by atoms with Gasteiger partial charge in [0.25, 0.3) is 5.91 Å². The summed E-state index contributed by atoms with van der Waals surface area (Å²) in [6, 6.07) is 11.8. The molecule has 0 aliphatic rings. The van der Waals surface area contributed by atoms with Crippen molar-refractivity contribution in [2.45, 2.75) is 19.6 Å². The van der Waals surface area contributed by atoms with Crippen LogP contribution in [0.15, 0.2) is 48.5 Å². The highest BCUT2D eigenvalue weighted by molar-refractivity contribution is 5.80. The highest BCUT2D eigenvalue weighted by Crippen LogP contribution is 2.27. The van der Waals surface area contributed by atoms with Gasteiger partial charge >= 0.3 is 5.69 Å². The van der Waals surface area contributed by atoms with Crippen molar-refractivity contribution >= 4 is 11.6 Å². The average Bonchev–Trinajstić information content (AvgIpc) is 2.54. The fourth-order valence-electron chi connectivity index (χ4n) is 2.25. The standard InChI is InChI=1S/C17H17FN2O4/c1-12(24-16-9-4-3-8-15(16)20(22)23)17(21)19(2)11-13-6-5-7-14(18)10-13/h3-10,12H,11H2,1-2H3/t12-/m1/s1. The maximum atomic E-state index is 13.2. The van der Waals surface area contributed by atoms with E-state index >= 15 is 0 Å². The predicted octanol–water partition coefficient (Wildman–Crippen LogP) is 3.16. The number of amides is 1. The number of nitrogens with zero attached hydrogens (tertiary/aromatic N) is 2. The molecule has 126 valence electrons. The van der Waals surface area contributed by atoms with Crippen molar-refractivity contribution in [1.82, 2.24) is 4.90 Å². The van der Waals surface area contributed by atoms with E-state index in [1.54, 1.807) is 25.2 Å². The minimum Gasteiger partial charge on any atom is -0.474 e. The first-order chi connectivity index (χ1) is 11.4. The molecule has 0 aliphatic carbocycles. The van der Waals surface area contributed by atoms with Gasteiger partial charge in [-0.05, 0) is 30.7 Å². The number of hydrogen-bond donors (Lipinski definition) is 0. The van der Waals surface area contributed by atoms with E-state index in [1.165, 1.54) is 42.2 Å². The number of likely N-dealkylation sites (N-methyl/N-ethyl adjacent to an activating group) is 1. The molecule has 0 heterocycles. The molecule has 2 aromatic rings. The summed E-state index contributed by atoms with van der Waals surface area (Å²) in [5, 5.41) is 11.0. The zero-order valence-electron chi connectivity index (χ0n) is 13.3. The van der Waals surface area contributed by atoms with Gasteiger partial charge in [0.15, 0.2) is 11.9 Å². The maximum absolute atomic E-state index is 13.2. The largest absolute Gasteiger partial charge is 0.474 e. The molecular formula is C17H17FN2O4. The van der Waals surface area contributed by atoms with Crippen LogP contribution in [0.1, 0.15) is 12.5 Å². The summed E-state index contributed by atoms with van der Waals surface area (Å²) in [5.74, 6) is -0.711. The third-order valence-corrected chi connectivity index (χ3v) is 3.40. The van der Waals surface area contributed by atoms with Crippen LogP contribution in [0.2, 0.25) is 0 Å². The Labute approximate surface area is 138 Å². The summed E-state index contributed by atoms with van der Waals surface area (Å²) < 4.78 is 18.6. The Morgan fingerprint density at radius 2 is 2.00 bits per heavy atom. The van der Waals surface area contributed by atoms with Crippen LogP contribution < -0.4 is 4.74 Å². The second-order valence-corrected chi connectivity index (χ2v) is 5.31. The third-order valence-electron chi connectivity index (χ3n) is 3.40. The van der Waals surface area contributed by atoms with Crippen LogP contribution in [0.4, 0.5) is 10.1 Å². The molecule has 0 saturated carbocycles. The number of ether oxygens (including phenoxy) is 1. The smallest absolute Gasteiger partial charge is 0.310 e. The van der Waals surface area contributed by atoms with Gasteiger partial charge in [-0.2, -0.15) is 0 Å². The topological polar surface area (TPSA) is 72.7 Å². The quantitative estimate of drug-likeness (QED) is 0.602. The molecule has 0 saturated heterocycles. The molecule has 0 unspecified atom stereocenters. The van der Waals surface area contributed by atoms with E-state index in [0.717, 1.165) is 0 Å². The van der Waals surface area contributed by atoms with E-state index in [4.69, 9.17) is 4.74 Å². The number of halogens is 1. The fourth-order valence-corrected chi connectivity index (χ4v) is 2.25. The van der Waals surface area contributed by atoms with Crippen LogP contribution >= 0.6 is 0 Å². The van der Waals surface area contributed by atoms with E-state index in [-0.39, 0.29) is 29.7 Å². The lowest BCUT2D eigenvalue weighted by Crippen LogP contribution is -2.37. The molecule has 1 atom stereocenters. The minimum atomic E-state index is -0.912. The molecule has 0 aromatic heterocycles. The fraction of sp³-hybridized carbons (Fsp3) is 0.235. The van der Waals surface area contributed by atoms with E-state index in [0.29, 0.717) is 5.56 Å². The van der Waals surface area contributed by atoms with Crippen molar-refractivity contribution in [2.24, 2.45) is 0 Å². The molecule has 0 radical (unpaired) electrons. The van der Waals surface area contributed by atoms with E-state index in [1.807, 2.05) is 0 Å². The average molecular weight is 332 g/mol. The lowest BCUT2D eigenvalue weighted by Gasteiger charge is -2.22. The zero-order chi connectivity index (χ0) is 17.7. The van der Waals surface area contributed by atoms with Crippen molar-refractivity contribution in [3.8, 4) is 5.75 Å². The van der Waals surface area contributed by atoms with E-state index in [9.17, 15) is 19.3 Å². The molecule has 6 nitrogen and oxygen atoms in total. The molecule has 7 heteroatoms. The molecule has 1 amide bonds. The number of carbonyl (C=O) groups excluding carboxylic acids is 1. The first-order valence-corrected chi connectivity index (χ1v) is 7.28. The number of rotatable bonds is 6. The summed E-state index contributed by atoms with van der Waals surface area (Å²) in [6.07, 6.45) is -0.912. The van der Waals surface area contributed by atoms with Crippen LogP contribution in [0.3, 0.4) is 0 Å². The Morgan fingerprint density at radius 1 is 1.29 bits per heavy atom. The SMILES string of the molecule is C[C@@H](Oc1ccccc1[N+](=O)[O-])C(=O)N(C)Cc1cccc(F)c1. The van der Waals surface area contributed by atoms with Gasteiger partial charge in [0.2, 0.25) is 0 Å². The summed E-state index contributed by atoms with van der Waals surface area (Å²) >= 11 is 0. The number of nitro groups is 1. The minimum absolute atomic E-state index is 0.0301. The number of para-hydroxylation sites is 2. The summed E-state index contributed by atoms with van der Waals surface area (Å²) in [6.45, 7) is 1.72. The van der Waals surface area contributed by atoms with E-state index in [2.05, 4.69) is 0 Å². The summed E-state index contributed by atoms with van der Waals surface area (Å²) in [7, 11) is 1.56. The second kappa shape index (κ2) is 7.54. The van der Waals surface area contributed by atoms with Gasteiger partial charge in [-0.15, -0.1) is 0 Å². The van der Waals surface area contributed by atoms with Gasteiger partial charge in [0.1, 0.15) is 5.82 Å². The van der Waals surface area contributed by atoms with Gasteiger partial charge in [0, 0.05) is 19.7 Å². The summed E-state index contributed by atoms with van der Waals surface area (Å²) in [5.41, 5.74) is 0.439. The van der Waals surface area contributed by atoms with Gasteiger partial charge in [-0.3, -0.25) is 14.9 Å². The second-order valence-electron chi connectivity index (χ2n) is 5.31. The number of nitro benzene ring substituents is 1. The first kappa shape index (κ1) is 17.4. The first-order valence-electron chi connectivity index (χ1n) is 7.28. The van der Waals surface area contributed by atoms with Crippen LogP contribution in [0.5, 0.6) is 5.75 Å². The molecular weight excluding hydrogens is 315 g/mol. The molecule has 2 rings (SSSR count). The Bertz CT molecular complexity index is 751. The van der Waals surface area contributed by atoms with Crippen molar-refractivity contribution in [3.05, 3.63) is 70.0 Å². The Kier molecular flexibility index (Phi) is 5.47. The number of carbonyl (C=O) groups is 1. The molecule has 0 N–H and O–H groups in total. The Morgan fingerprint density at radius 3 is 2.67 bits per heavy atom. The predicted molar refractivity (Wildman–Crippen MR) is 86.1 cm³/mol. The van der Waals surface area contributed by atoms with Crippen molar-refractivity contribution < 1.29 is 18.8 Å². The van der Waals surface area contributed by atoms with Crippen LogP contribution in [-0.4, -0.2) is 28.9 Å². The molecule has 24 heavy (non-hydrogen) atoms. The van der Waals surface area contributed by atoms with Crippen LogP contribution in [-0.2, 0) is 11.3 Å². The zero-order valence-corrected chi connectivity index (χ0v) is 13.3. The van der Waals surface area contributed by atoms with Crippen molar-refractivity contribution in [3.63, 3.8) is 0 Å². The molecule has 0 aliphatic heterocycles. The molecule has 0 bridgehead atoms. The Balaban J connectivity index is 2.05. The van der Waals surface area contributed by atoms with Gasteiger partial charge < -0.3 is 9.64 Å². The molecule has 0 fully saturated rings. The Hall–Kier alpha value is -2.96.